The maximum absolute atomic E-state index is 13.2. The number of ether oxygens (including phenoxy) is 1. The molecule has 5 nitrogen and oxygen atoms in total. The predicted molar refractivity (Wildman–Crippen MR) is 107 cm³/mol. The normalized spacial score (nSPS) is 20.6. The number of aliphatic imine (C=N–C) groups is 1. The zero-order valence-electron chi connectivity index (χ0n) is 16.7. The lowest BCUT2D eigenvalue weighted by molar-refractivity contribution is -0.0139. The standard InChI is InChI=1S/C21H33FN4O/c1-3-23-20(25(2)16-18-6-8-19(22)9-7-18)24-17-21(10-14-27-15-11-21)26-12-4-5-13-26/h6-9H,3-5,10-17H2,1-2H3,(H,23,24). The van der Waals surface area contributed by atoms with Crippen LogP contribution >= 0.6 is 0 Å². The van der Waals surface area contributed by atoms with E-state index in [0.29, 0.717) is 6.54 Å². The molecule has 2 aliphatic rings. The van der Waals surface area contributed by atoms with Crippen LogP contribution < -0.4 is 5.32 Å². The number of guanidine groups is 1. The predicted octanol–water partition coefficient (Wildman–Crippen LogP) is 2.87. The summed E-state index contributed by atoms with van der Waals surface area (Å²) < 4.78 is 18.8. The average molecular weight is 377 g/mol. The van der Waals surface area contributed by atoms with E-state index in [2.05, 4.69) is 22.0 Å². The van der Waals surface area contributed by atoms with Crippen LogP contribution in [0.1, 0.15) is 38.2 Å². The lowest BCUT2D eigenvalue weighted by Crippen LogP contribution is -2.54. The highest BCUT2D eigenvalue weighted by Crippen LogP contribution is 2.31. The lowest BCUT2D eigenvalue weighted by Gasteiger charge is -2.43. The molecule has 0 atom stereocenters. The molecule has 150 valence electrons. The fraction of sp³-hybridized carbons (Fsp3) is 0.667. The Morgan fingerprint density at radius 3 is 2.52 bits per heavy atom. The molecular weight excluding hydrogens is 343 g/mol. The molecule has 2 fully saturated rings. The Kier molecular flexibility index (Phi) is 7.07. The van der Waals surface area contributed by atoms with Gasteiger partial charge in [0.25, 0.3) is 0 Å². The summed E-state index contributed by atoms with van der Waals surface area (Å²) in [5.74, 6) is 0.709. The molecule has 2 heterocycles. The van der Waals surface area contributed by atoms with E-state index < -0.39 is 0 Å². The van der Waals surface area contributed by atoms with Crippen LogP contribution in [0, 0.1) is 5.82 Å². The van der Waals surface area contributed by atoms with Gasteiger partial charge in [0, 0.05) is 38.9 Å². The molecule has 0 unspecified atom stereocenters. The monoisotopic (exact) mass is 376 g/mol. The minimum absolute atomic E-state index is 0.131. The van der Waals surface area contributed by atoms with Crippen molar-refractivity contribution in [1.82, 2.24) is 15.1 Å². The van der Waals surface area contributed by atoms with E-state index >= 15 is 0 Å². The number of halogens is 1. The Morgan fingerprint density at radius 2 is 1.89 bits per heavy atom. The molecule has 0 radical (unpaired) electrons. The number of rotatable bonds is 6. The quantitative estimate of drug-likeness (QED) is 0.612. The molecule has 1 aromatic carbocycles. The Hall–Kier alpha value is -1.66. The number of hydrogen-bond donors (Lipinski definition) is 1. The molecule has 0 aromatic heterocycles. The van der Waals surface area contributed by atoms with Crippen molar-refractivity contribution < 1.29 is 9.13 Å². The van der Waals surface area contributed by atoms with E-state index in [4.69, 9.17) is 9.73 Å². The van der Waals surface area contributed by atoms with E-state index in [1.165, 1.54) is 38.1 Å². The van der Waals surface area contributed by atoms with Crippen LogP contribution in [0.15, 0.2) is 29.3 Å². The van der Waals surface area contributed by atoms with Gasteiger partial charge in [0.15, 0.2) is 5.96 Å². The van der Waals surface area contributed by atoms with Gasteiger partial charge in [-0.2, -0.15) is 0 Å². The van der Waals surface area contributed by atoms with Crippen molar-refractivity contribution >= 4 is 5.96 Å². The second-order valence-corrected chi connectivity index (χ2v) is 7.68. The molecule has 0 spiro atoms. The zero-order valence-corrected chi connectivity index (χ0v) is 16.7. The van der Waals surface area contributed by atoms with E-state index in [1.54, 1.807) is 0 Å². The van der Waals surface area contributed by atoms with Gasteiger partial charge in [0.2, 0.25) is 0 Å². The van der Waals surface area contributed by atoms with Crippen LogP contribution in [-0.2, 0) is 11.3 Å². The third-order valence-electron chi connectivity index (χ3n) is 5.75. The summed E-state index contributed by atoms with van der Waals surface area (Å²) in [5, 5.41) is 3.41. The first-order chi connectivity index (χ1) is 13.1. The number of nitrogens with one attached hydrogen (secondary N) is 1. The van der Waals surface area contributed by atoms with Crippen molar-refractivity contribution in [2.75, 3.05) is 46.4 Å². The second-order valence-electron chi connectivity index (χ2n) is 7.68. The first kappa shape index (κ1) is 20.1. The largest absolute Gasteiger partial charge is 0.381 e. The molecule has 27 heavy (non-hydrogen) atoms. The average Bonchev–Trinajstić information content (AvgIpc) is 3.23. The third kappa shape index (κ3) is 5.20. The maximum atomic E-state index is 13.2. The van der Waals surface area contributed by atoms with Crippen LogP contribution in [0.5, 0.6) is 0 Å². The topological polar surface area (TPSA) is 40.1 Å². The molecule has 2 saturated heterocycles. The highest BCUT2D eigenvalue weighted by Gasteiger charge is 2.39. The van der Waals surface area contributed by atoms with Gasteiger partial charge in [-0.15, -0.1) is 0 Å². The van der Waals surface area contributed by atoms with Crippen molar-refractivity contribution in [2.24, 2.45) is 4.99 Å². The molecule has 0 amide bonds. The minimum atomic E-state index is -0.200. The molecular formula is C21H33FN4O. The summed E-state index contributed by atoms with van der Waals surface area (Å²) in [6, 6.07) is 6.69. The van der Waals surface area contributed by atoms with E-state index in [1.807, 2.05) is 19.2 Å². The van der Waals surface area contributed by atoms with Gasteiger partial charge in [-0.3, -0.25) is 9.89 Å². The Labute approximate surface area is 162 Å². The summed E-state index contributed by atoms with van der Waals surface area (Å²) in [4.78, 5) is 9.79. The first-order valence-electron chi connectivity index (χ1n) is 10.2. The molecule has 6 heteroatoms. The molecule has 3 rings (SSSR count). The second kappa shape index (κ2) is 9.51. The van der Waals surface area contributed by atoms with Gasteiger partial charge >= 0.3 is 0 Å². The highest BCUT2D eigenvalue weighted by atomic mass is 19.1. The summed E-state index contributed by atoms with van der Waals surface area (Å²) in [6.45, 7) is 8.42. The van der Waals surface area contributed by atoms with E-state index in [9.17, 15) is 4.39 Å². The number of benzene rings is 1. The van der Waals surface area contributed by atoms with Crippen molar-refractivity contribution in [1.29, 1.82) is 0 Å². The summed E-state index contributed by atoms with van der Waals surface area (Å²) >= 11 is 0. The van der Waals surface area contributed by atoms with Crippen molar-refractivity contribution in [3.8, 4) is 0 Å². The number of nitrogens with zero attached hydrogens (tertiary/aromatic N) is 3. The van der Waals surface area contributed by atoms with E-state index in [-0.39, 0.29) is 11.4 Å². The van der Waals surface area contributed by atoms with Crippen molar-refractivity contribution in [3.05, 3.63) is 35.6 Å². The van der Waals surface area contributed by atoms with Crippen LogP contribution in [0.3, 0.4) is 0 Å². The fourth-order valence-electron chi connectivity index (χ4n) is 4.15. The summed E-state index contributed by atoms with van der Waals surface area (Å²) in [6.07, 6.45) is 4.68. The maximum Gasteiger partial charge on any atom is 0.194 e. The van der Waals surface area contributed by atoms with Gasteiger partial charge in [0.1, 0.15) is 5.82 Å². The Bertz CT molecular complexity index is 607. The summed E-state index contributed by atoms with van der Waals surface area (Å²) in [7, 11) is 2.04. The van der Waals surface area contributed by atoms with E-state index in [0.717, 1.165) is 50.7 Å². The molecule has 1 aromatic rings. The smallest absolute Gasteiger partial charge is 0.194 e. The number of hydrogen-bond acceptors (Lipinski definition) is 3. The van der Waals surface area contributed by atoms with Gasteiger partial charge in [-0.05, 0) is 63.4 Å². The molecule has 2 aliphatic heterocycles. The van der Waals surface area contributed by atoms with Crippen molar-refractivity contribution in [2.45, 2.75) is 44.7 Å². The third-order valence-corrected chi connectivity index (χ3v) is 5.75. The Balaban J connectivity index is 1.71. The highest BCUT2D eigenvalue weighted by molar-refractivity contribution is 5.79. The summed E-state index contributed by atoms with van der Waals surface area (Å²) in [5.41, 5.74) is 1.21. The molecule has 0 bridgehead atoms. The SMILES string of the molecule is CCNC(=NCC1(N2CCCC2)CCOCC1)N(C)Cc1ccc(F)cc1. The van der Waals surface area contributed by atoms with Crippen LogP contribution in [0.4, 0.5) is 4.39 Å². The first-order valence-corrected chi connectivity index (χ1v) is 10.2. The van der Waals surface area contributed by atoms with Gasteiger partial charge in [-0.25, -0.2) is 4.39 Å². The molecule has 0 aliphatic carbocycles. The van der Waals surface area contributed by atoms with Crippen LogP contribution in [0.25, 0.3) is 0 Å². The van der Waals surface area contributed by atoms with Gasteiger partial charge < -0.3 is 15.0 Å². The van der Waals surface area contributed by atoms with Crippen LogP contribution in [-0.4, -0.2) is 67.7 Å². The lowest BCUT2D eigenvalue weighted by atomic mass is 9.88. The fourth-order valence-corrected chi connectivity index (χ4v) is 4.15. The van der Waals surface area contributed by atoms with Gasteiger partial charge in [-0.1, -0.05) is 12.1 Å². The van der Waals surface area contributed by atoms with Crippen molar-refractivity contribution in [3.63, 3.8) is 0 Å². The molecule has 0 saturated carbocycles. The number of likely N-dealkylation sites (tertiary alicyclic amines) is 1. The Morgan fingerprint density at radius 1 is 1.22 bits per heavy atom. The zero-order chi connectivity index (χ0) is 19.1. The molecule has 1 N–H and O–H groups in total. The minimum Gasteiger partial charge on any atom is -0.381 e. The van der Waals surface area contributed by atoms with Crippen LogP contribution in [0.2, 0.25) is 0 Å². The van der Waals surface area contributed by atoms with Gasteiger partial charge in [0.05, 0.1) is 6.54 Å².